The number of aromatic carboxylic acids is 1. The van der Waals surface area contributed by atoms with E-state index in [9.17, 15) is 14.4 Å². The minimum Gasteiger partial charge on any atom is -0.478 e. The van der Waals surface area contributed by atoms with E-state index in [2.05, 4.69) is 0 Å². The Morgan fingerprint density at radius 3 is 2.59 bits per heavy atom. The van der Waals surface area contributed by atoms with Crippen molar-refractivity contribution >= 4 is 34.4 Å². The number of carbonyl (C=O) groups is 3. The van der Waals surface area contributed by atoms with Crippen molar-refractivity contribution in [3.8, 4) is 0 Å². The molecular weight excluding hydrogens is 302 g/mol. The SMILES string of the molecule is CC(=O)SCC1CC(=O)N(c2ccc(C(=O)O)c(C)c2C)C1. The molecule has 1 fully saturated rings. The van der Waals surface area contributed by atoms with Crippen LogP contribution in [-0.4, -0.2) is 34.4 Å². The maximum Gasteiger partial charge on any atom is 0.335 e. The van der Waals surface area contributed by atoms with Crippen molar-refractivity contribution in [3.63, 3.8) is 0 Å². The van der Waals surface area contributed by atoms with Crippen LogP contribution in [0.5, 0.6) is 0 Å². The fraction of sp³-hybridized carbons (Fsp3) is 0.438. The molecule has 0 aliphatic carbocycles. The molecule has 0 radical (unpaired) electrons. The molecule has 6 heteroatoms. The van der Waals surface area contributed by atoms with Crippen molar-refractivity contribution in [3.05, 3.63) is 28.8 Å². The topological polar surface area (TPSA) is 74.7 Å². The molecule has 0 aromatic heterocycles. The number of carbonyl (C=O) groups excluding carboxylic acids is 2. The van der Waals surface area contributed by atoms with E-state index in [1.54, 1.807) is 24.0 Å². The molecule has 0 spiro atoms. The van der Waals surface area contributed by atoms with Gasteiger partial charge in [-0.1, -0.05) is 11.8 Å². The Bertz CT molecular complexity index is 641. The number of anilines is 1. The fourth-order valence-electron chi connectivity index (χ4n) is 2.69. The molecule has 1 saturated heterocycles. The van der Waals surface area contributed by atoms with Crippen LogP contribution in [0.4, 0.5) is 5.69 Å². The highest BCUT2D eigenvalue weighted by Gasteiger charge is 2.32. The lowest BCUT2D eigenvalue weighted by atomic mass is 10.0. The first-order valence-corrected chi connectivity index (χ1v) is 8.07. The van der Waals surface area contributed by atoms with Crippen molar-refractivity contribution in [2.75, 3.05) is 17.2 Å². The van der Waals surface area contributed by atoms with E-state index in [-0.39, 0.29) is 22.5 Å². The van der Waals surface area contributed by atoms with Crippen molar-refractivity contribution < 1.29 is 19.5 Å². The van der Waals surface area contributed by atoms with Crippen LogP contribution >= 0.6 is 11.8 Å². The van der Waals surface area contributed by atoms with Gasteiger partial charge in [0.15, 0.2) is 5.12 Å². The molecule has 0 saturated carbocycles. The Balaban J connectivity index is 2.22. The van der Waals surface area contributed by atoms with Gasteiger partial charge in [-0.25, -0.2) is 4.79 Å². The fourth-order valence-corrected chi connectivity index (χ4v) is 3.39. The summed E-state index contributed by atoms with van der Waals surface area (Å²) in [4.78, 5) is 36.1. The Hall–Kier alpha value is -1.82. The molecule has 0 bridgehead atoms. The first-order chi connectivity index (χ1) is 10.3. The van der Waals surface area contributed by atoms with Gasteiger partial charge in [-0.2, -0.15) is 0 Å². The molecule has 118 valence electrons. The summed E-state index contributed by atoms with van der Waals surface area (Å²) < 4.78 is 0. The van der Waals surface area contributed by atoms with E-state index in [0.717, 1.165) is 11.3 Å². The van der Waals surface area contributed by atoms with Crippen molar-refractivity contribution in [1.29, 1.82) is 0 Å². The lowest BCUT2D eigenvalue weighted by molar-refractivity contribution is -0.117. The molecule has 1 heterocycles. The van der Waals surface area contributed by atoms with E-state index in [0.29, 0.717) is 24.3 Å². The quantitative estimate of drug-likeness (QED) is 0.922. The largest absolute Gasteiger partial charge is 0.478 e. The molecule has 1 aromatic carbocycles. The predicted octanol–water partition coefficient (Wildman–Crippen LogP) is 2.63. The third-order valence-electron chi connectivity index (χ3n) is 4.01. The maximum absolute atomic E-state index is 12.2. The van der Waals surface area contributed by atoms with Gasteiger partial charge in [-0.3, -0.25) is 9.59 Å². The molecule has 1 aliphatic rings. The average molecular weight is 321 g/mol. The average Bonchev–Trinajstić information content (AvgIpc) is 2.80. The molecule has 1 N–H and O–H groups in total. The highest BCUT2D eigenvalue weighted by atomic mass is 32.2. The minimum absolute atomic E-state index is 0.0275. The smallest absolute Gasteiger partial charge is 0.335 e. The van der Waals surface area contributed by atoms with Gasteiger partial charge in [0, 0.05) is 31.3 Å². The summed E-state index contributed by atoms with van der Waals surface area (Å²) in [6.45, 7) is 5.69. The maximum atomic E-state index is 12.2. The summed E-state index contributed by atoms with van der Waals surface area (Å²) in [5, 5.41) is 9.21. The lowest BCUT2D eigenvalue weighted by Crippen LogP contribution is -2.26. The Morgan fingerprint density at radius 2 is 2.00 bits per heavy atom. The number of nitrogens with zero attached hydrogens (tertiary/aromatic N) is 1. The number of hydrogen-bond acceptors (Lipinski definition) is 4. The van der Waals surface area contributed by atoms with Gasteiger partial charge < -0.3 is 10.0 Å². The van der Waals surface area contributed by atoms with E-state index in [1.165, 1.54) is 18.7 Å². The second-order valence-corrected chi connectivity index (χ2v) is 6.76. The molecule has 1 aromatic rings. The molecule has 1 aliphatic heterocycles. The van der Waals surface area contributed by atoms with Crippen LogP contribution in [0, 0.1) is 19.8 Å². The zero-order valence-electron chi connectivity index (χ0n) is 12.9. The Kier molecular flexibility index (Phi) is 4.90. The molecule has 1 atom stereocenters. The molecule has 2 rings (SSSR count). The highest BCUT2D eigenvalue weighted by Crippen LogP contribution is 2.32. The zero-order chi connectivity index (χ0) is 16.4. The first kappa shape index (κ1) is 16.5. The van der Waals surface area contributed by atoms with Gasteiger partial charge in [0.2, 0.25) is 5.91 Å². The molecule has 1 amide bonds. The van der Waals surface area contributed by atoms with Gasteiger partial charge in [0.05, 0.1) is 5.56 Å². The number of carboxylic acids is 1. The van der Waals surface area contributed by atoms with Crippen LogP contribution in [-0.2, 0) is 9.59 Å². The highest BCUT2D eigenvalue weighted by molar-refractivity contribution is 8.13. The van der Waals surface area contributed by atoms with E-state index in [4.69, 9.17) is 5.11 Å². The summed E-state index contributed by atoms with van der Waals surface area (Å²) in [7, 11) is 0. The van der Waals surface area contributed by atoms with Crippen molar-refractivity contribution in [1.82, 2.24) is 0 Å². The van der Waals surface area contributed by atoms with Crippen LogP contribution in [0.3, 0.4) is 0 Å². The third kappa shape index (κ3) is 3.32. The summed E-state index contributed by atoms with van der Waals surface area (Å²) >= 11 is 1.25. The van der Waals surface area contributed by atoms with E-state index >= 15 is 0 Å². The van der Waals surface area contributed by atoms with Gasteiger partial charge >= 0.3 is 5.97 Å². The van der Waals surface area contributed by atoms with Gasteiger partial charge in [0.25, 0.3) is 0 Å². The van der Waals surface area contributed by atoms with Gasteiger partial charge in [-0.15, -0.1) is 0 Å². The summed E-state index contributed by atoms with van der Waals surface area (Å²) in [6, 6.07) is 3.25. The number of rotatable bonds is 4. The summed E-state index contributed by atoms with van der Waals surface area (Å²) in [6.07, 6.45) is 0.430. The number of thioether (sulfide) groups is 1. The summed E-state index contributed by atoms with van der Waals surface area (Å²) in [5.41, 5.74) is 2.52. The van der Waals surface area contributed by atoms with Crippen LogP contribution in [0.15, 0.2) is 12.1 Å². The molecule has 22 heavy (non-hydrogen) atoms. The van der Waals surface area contributed by atoms with Crippen LogP contribution in [0.25, 0.3) is 0 Å². The standard InChI is InChI=1S/C16H19NO4S/c1-9-10(2)14(5-4-13(9)16(20)21)17-7-12(6-15(17)19)8-22-11(3)18/h4-5,12H,6-8H2,1-3H3,(H,20,21). The van der Waals surface area contributed by atoms with Crippen molar-refractivity contribution in [2.45, 2.75) is 27.2 Å². The number of amides is 1. The third-order valence-corrected chi connectivity index (χ3v) is 5.05. The summed E-state index contributed by atoms with van der Waals surface area (Å²) in [5.74, 6) is -0.140. The zero-order valence-corrected chi connectivity index (χ0v) is 13.7. The van der Waals surface area contributed by atoms with Crippen LogP contribution in [0.1, 0.15) is 34.8 Å². The van der Waals surface area contributed by atoms with Crippen LogP contribution in [0.2, 0.25) is 0 Å². The number of benzene rings is 1. The normalized spacial score (nSPS) is 17.9. The number of carboxylic acid groups (broad SMARTS) is 1. The lowest BCUT2D eigenvalue weighted by Gasteiger charge is -2.21. The Morgan fingerprint density at radius 1 is 1.32 bits per heavy atom. The van der Waals surface area contributed by atoms with E-state index in [1.807, 2.05) is 6.92 Å². The van der Waals surface area contributed by atoms with Gasteiger partial charge in [-0.05, 0) is 43.0 Å². The molecule has 1 unspecified atom stereocenters. The van der Waals surface area contributed by atoms with Crippen molar-refractivity contribution in [2.24, 2.45) is 5.92 Å². The molecule has 5 nitrogen and oxygen atoms in total. The first-order valence-electron chi connectivity index (χ1n) is 7.08. The van der Waals surface area contributed by atoms with Crippen LogP contribution < -0.4 is 4.90 Å². The van der Waals surface area contributed by atoms with E-state index < -0.39 is 5.97 Å². The second kappa shape index (κ2) is 6.52. The number of hydrogen-bond donors (Lipinski definition) is 1. The predicted molar refractivity (Wildman–Crippen MR) is 86.5 cm³/mol. The minimum atomic E-state index is -0.962. The molecular formula is C16H19NO4S. The monoisotopic (exact) mass is 321 g/mol. The van der Waals surface area contributed by atoms with Gasteiger partial charge in [0.1, 0.15) is 0 Å². The second-order valence-electron chi connectivity index (χ2n) is 5.56. The Labute approximate surface area is 133 Å².